The molecule has 0 saturated carbocycles. The molecule has 2 aromatic heterocycles. The Labute approximate surface area is 236 Å². The third kappa shape index (κ3) is 5.45. The van der Waals surface area contributed by atoms with Crippen LogP contribution in [0.2, 0.25) is 0 Å². The van der Waals surface area contributed by atoms with Crippen LogP contribution in [0.25, 0.3) is 21.8 Å². The number of carbonyl (C=O) groups excluding carboxylic acids is 2. The number of anilines is 4. The Morgan fingerprint density at radius 2 is 1.78 bits per heavy atom. The summed E-state index contributed by atoms with van der Waals surface area (Å²) in [5.41, 5.74) is 8.90. The van der Waals surface area contributed by atoms with E-state index in [4.69, 9.17) is 10.5 Å². The highest BCUT2D eigenvalue weighted by atomic mass is 32.1. The summed E-state index contributed by atoms with van der Waals surface area (Å²) in [5, 5.41) is 5.99. The molecule has 5 aromatic rings. The van der Waals surface area contributed by atoms with Gasteiger partial charge in [0.05, 0.1) is 16.3 Å². The molecule has 0 aliphatic carbocycles. The van der Waals surface area contributed by atoms with Gasteiger partial charge < -0.3 is 21.1 Å². The lowest BCUT2D eigenvalue weighted by Crippen LogP contribution is -2.20. The van der Waals surface area contributed by atoms with E-state index in [9.17, 15) is 18.4 Å². The van der Waals surface area contributed by atoms with Gasteiger partial charge in [0.1, 0.15) is 29.6 Å². The van der Waals surface area contributed by atoms with E-state index in [1.165, 1.54) is 17.4 Å². The van der Waals surface area contributed by atoms with Crippen LogP contribution in [0.5, 0.6) is 5.75 Å². The summed E-state index contributed by atoms with van der Waals surface area (Å²) in [7, 11) is 0. The summed E-state index contributed by atoms with van der Waals surface area (Å²) in [6.45, 7) is 0.0446. The predicted octanol–water partition coefficient (Wildman–Crippen LogP) is 5.63. The number of nitrogens with one attached hydrogen (secondary N) is 2. The molecular weight excluding hydrogens is 550 g/mol. The average molecular weight is 571 g/mol. The van der Waals surface area contributed by atoms with Crippen molar-refractivity contribution in [3.05, 3.63) is 95.7 Å². The SMILES string of the molecule is Nc1nc(-c2cccc(NC(=O)c3c(F)cccc3F)c2)c(-c2ccnc(Nc3ccc4c(c3)OCC(=O)C4)n2)s1. The van der Waals surface area contributed by atoms with E-state index in [-0.39, 0.29) is 12.4 Å². The Morgan fingerprint density at radius 1 is 0.976 bits per heavy atom. The lowest BCUT2D eigenvalue weighted by molar-refractivity contribution is -0.121. The van der Waals surface area contributed by atoms with Crippen LogP contribution in [0.4, 0.5) is 31.2 Å². The number of carbonyl (C=O) groups is 2. The van der Waals surface area contributed by atoms with E-state index < -0.39 is 23.1 Å². The van der Waals surface area contributed by atoms with Crippen molar-refractivity contribution in [1.82, 2.24) is 15.0 Å². The first-order valence-corrected chi connectivity index (χ1v) is 13.2. The number of Topliss-reactive ketones (excluding diaryl/α,β-unsaturated/α-hetero) is 1. The maximum absolute atomic E-state index is 14.1. The zero-order valence-corrected chi connectivity index (χ0v) is 22.0. The smallest absolute Gasteiger partial charge is 0.261 e. The van der Waals surface area contributed by atoms with Crippen LogP contribution in [-0.4, -0.2) is 33.2 Å². The van der Waals surface area contributed by atoms with Crippen molar-refractivity contribution in [2.24, 2.45) is 0 Å². The summed E-state index contributed by atoms with van der Waals surface area (Å²) in [5.74, 6) is -1.85. The second-order valence-corrected chi connectivity index (χ2v) is 10.1. The Kier molecular flexibility index (Phi) is 6.81. The molecule has 41 heavy (non-hydrogen) atoms. The molecule has 3 aromatic carbocycles. The van der Waals surface area contributed by atoms with Gasteiger partial charge in [-0.3, -0.25) is 9.59 Å². The Morgan fingerprint density at radius 3 is 2.61 bits per heavy atom. The van der Waals surface area contributed by atoms with E-state index >= 15 is 0 Å². The monoisotopic (exact) mass is 570 g/mol. The summed E-state index contributed by atoms with van der Waals surface area (Å²) in [6.07, 6.45) is 1.93. The molecule has 4 N–H and O–H groups in total. The number of ether oxygens (including phenoxy) is 1. The van der Waals surface area contributed by atoms with Gasteiger partial charge in [-0.2, -0.15) is 0 Å². The Hall–Kier alpha value is -5.23. The van der Waals surface area contributed by atoms with E-state index in [0.29, 0.717) is 56.5 Å². The molecule has 0 saturated heterocycles. The quantitative estimate of drug-likeness (QED) is 0.239. The van der Waals surface area contributed by atoms with Gasteiger partial charge in [-0.25, -0.2) is 23.7 Å². The zero-order chi connectivity index (χ0) is 28.5. The lowest BCUT2D eigenvalue weighted by atomic mass is 10.1. The van der Waals surface area contributed by atoms with Gasteiger partial charge in [-0.15, -0.1) is 0 Å². The number of aromatic nitrogens is 3. The molecular formula is C29H20F2N6O3S. The van der Waals surface area contributed by atoms with E-state index in [0.717, 1.165) is 17.7 Å². The minimum Gasteiger partial charge on any atom is -0.485 e. The van der Waals surface area contributed by atoms with E-state index in [1.54, 1.807) is 42.6 Å². The van der Waals surface area contributed by atoms with Crippen molar-refractivity contribution in [3.63, 3.8) is 0 Å². The van der Waals surface area contributed by atoms with Crippen LogP contribution in [0, 0.1) is 11.6 Å². The first kappa shape index (κ1) is 26.0. The number of rotatable bonds is 6. The van der Waals surface area contributed by atoms with Gasteiger partial charge in [0.25, 0.3) is 5.91 Å². The summed E-state index contributed by atoms with van der Waals surface area (Å²) in [6, 6.07) is 17.1. The third-order valence-electron chi connectivity index (χ3n) is 6.22. The van der Waals surface area contributed by atoms with Crippen LogP contribution in [-0.2, 0) is 11.2 Å². The molecule has 1 amide bonds. The number of hydrogen-bond donors (Lipinski definition) is 3. The molecule has 0 radical (unpaired) electrons. The molecule has 0 unspecified atom stereocenters. The number of thiazole rings is 1. The number of benzene rings is 3. The van der Waals surface area contributed by atoms with Gasteiger partial charge in [0.2, 0.25) is 5.95 Å². The van der Waals surface area contributed by atoms with Crippen molar-refractivity contribution >= 4 is 45.5 Å². The minimum atomic E-state index is -0.959. The number of halogens is 2. The molecule has 12 heteroatoms. The van der Waals surface area contributed by atoms with Gasteiger partial charge in [0.15, 0.2) is 10.9 Å². The summed E-state index contributed by atoms with van der Waals surface area (Å²) < 4.78 is 33.7. The molecule has 3 heterocycles. The van der Waals surface area contributed by atoms with E-state index in [2.05, 4.69) is 25.6 Å². The molecule has 0 bridgehead atoms. The van der Waals surface area contributed by atoms with Crippen LogP contribution in [0.1, 0.15) is 15.9 Å². The highest BCUT2D eigenvalue weighted by Crippen LogP contribution is 2.38. The van der Waals surface area contributed by atoms with Crippen LogP contribution >= 0.6 is 11.3 Å². The second kappa shape index (κ2) is 10.7. The number of amides is 1. The molecule has 0 fully saturated rings. The van der Waals surface area contributed by atoms with Crippen molar-refractivity contribution in [2.45, 2.75) is 6.42 Å². The summed E-state index contributed by atoms with van der Waals surface area (Å²) >= 11 is 1.23. The van der Waals surface area contributed by atoms with Crippen LogP contribution < -0.4 is 21.1 Å². The number of hydrogen-bond acceptors (Lipinski definition) is 9. The fourth-order valence-corrected chi connectivity index (χ4v) is 5.19. The van der Waals surface area contributed by atoms with Gasteiger partial charge in [-0.05, 0) is 36.4 Å². The highest BCUT2D eigenvalue weighted by molar-refractivity contribution is 7.19. The lowest BCUT2D eigenvalue weighted by Gasteiger charge is -2.17. The first-order chi connectivity index (χ1) is 19.8. The normalized spacial score (nSPS) is 12.4. The average Bonchev–Trinajstić information content (AvgIpc) is 3.35. The summed E-state index contributed by atoms with van der Waals surface area (Å²) in [4.78, 5) is 38.3. The van der Waals surface area contributed by atoms with Crippen LogP contribution in [0.3, 0.4) is 0 Å². The number of nitrogens with zero attached hydrogens (tertiary/aromatic N) is 3. The Balaban J connectivity index is 1.27. The van der Waals surface area contributed by atoms with Crippen LogP contribution in [0.15, 0.2) is 72.9 Å². The van der Waals surface area contributed by atoms with Crippen molar-refractivity contribution in [2.75, 3.05) is 23.0 Å². The maximum Gasteiger partial charge on any atom is 0.261 e. The molecule has 1 aliphatic rings. The number of ketones is 1. The third-order valence-corrected chi connectivity index (χ3v) is 7.12. The fourth-order valence-electron chi connectivity index (χ4n) is 4.37. The highest BCUT2D eigenvalue weighted by Gasteiger charge is 2.20. The minimum absolute atomic E-state index is 0.0285. The molecule has 0 atom stereocenters. The predicted molar refractivity (Wildman–Crippen MR) is 151 cm³/mol. The largest absolute Gasteiger partial charge is 0.485 e. The second-order valence-electron chi connectivity index (χ2n) is 9.08. The molecule has 0 spiro atoms. The fraction of sp³-hybridized carbons (Fsp3) is 0.0690. The van der Waals surface area contributed by atoms with Crippen molar-refractivity contribution in [1.29, 1.82) is 0 Å². The van der Waals surface area contributed by atoms with Gasteiger partial charge in [-0.1, -0.05) is 35.6 Å². The molecule has 9 nitrogen and oxygen atoms in total. The van der Waals surface area contributed by atoms with Crippen molar-refractivity contribution in [3.8, 4) is 27.6 Å². The standard InChI is InChI=1S/C29H20F2N6O3S/c30-20-5-2-6-21(31)24(20)27(39)34-17-4-1-3-16(11-17)25-26(41-28(32)37-25)22-9-10-33-29(36-22)35-18-8-7-15-12-19(38)14-40-23(15)13-18/h1-11,13H,12,14H2,(H2,32,37)(H,34,39)(H,33,35,36). The maximum atomic E-state index is 14.1. The van der Waals surface area contributed by atoms with E-state index in [1.807, 2.05) is 12.1 Å². The molecule has 1 aliphatic heterocycles. The topological polar surface area (TPSA) is 132 Å². The zero-order valence-electron chi connectivity index (χ0n) is 21.2. The number of fused-ring (bicyclic) bond motifs is 1. The Bertz CT molecular complexity index is 1810. The van der Waals surface area contributed by atoms with Crippen molar-refractivity contribution < 1.29 is 23.1 Å². The van der Waals surface area contributed by atoms with Gasteiger partial charge in [0, 0.05) is 41.2 Å². The molecule has 204 valence electrons. The first-order valence-electron chi connectivity index (χ1n) is 12.3. The number of nitrogens with two attached hydrogens (primary N) is 1. The van der Waals surface area contributed by atoms with Gasteiger partial charge >= 0.3 is 0 Å². The molecule has 6 rings (SSSR count). The number of nitrogen functional groups attached to an aromatic ring is 1.